The molecule has 0 aliphatic carbocycles. The normalized spacial score (nSPS) is 11.5. The SMILES string of the molecule is CCNC(=O)c1ccc(CN=C(NCC)NCc2cc(C(C)C)no2)cc1. The van der Waals surface area contributed by atoms with E-state index in [4.69, 9.17) is 4.52 Å². The highest BCUT2D eigenvalue weighted by atomic mass is 16.5. The predicted octanol–water partition coefficient (Wildman–Crippen LogP) is 2.80. The molecule has 1 heterocycles. The zero-order valence-electron chi connectivity index (χ0n) is 16.5. The van der Waals surface area contributed by atoms with Gasteiger partial charge in [0.1, 0.15) is 0 Å². The molecule has 0 bridgehead atoms. The third kappa shape index (κ3) is 6.44. The third-order valence-corrected chi connectivity index (χ3v) is 3.92. The fourth-order valence-electron chi connectivity index (χ4n) is 2.39. The second kappa shape index (κ2) is 10.4. The Bertz CT molecular complexity index is 750. The Morgan fingerprint density at radius 1 is 1.11 bits per heavy atom. The number of hydrogen-bond acceptors (Lipinski definition) is 4. The zero-order chi connectivity index (χ0) is 19.6. The number of guanidine groups is 1. The second-order valence-corrected chi connectivity index (χ2v) is 6.48. The molecule has 1 aromatic heterocycles. The van der Waals surface area contributed by atoms with Crippen LogP contribution in [0.25, 0.3) is 0 Å². The Kier molecular flexibility index (Phi) is 7.85. The molecular formula is C20H29N5O2. The first-order chi connectivity index (χ1) is 13.0. The van der Waals surface area contributed by atoms with Crippen LogP contribution in [0.4, 0.5) is 0 Å². The molecule has 0 saturated carbocycles. The molecule has 0 spiro atoms. The van der Waals surface area contributed by atoms with Crippen LogP contribution in [0.5, 0.6) is 0 Å². The summed E-state index contributed by atoms with van der Waals surface area (Å²) in [7, 11) is 0. The molecule has 2 rings (SSSR count). The molecule has 3 N–H and O–H groups in total. The smallest absolute Gasteiger partial charge is 0.251 e. The Balaban J connectivity index is 1.94. The van der Waals surface area contributed by atoms with Crippen molar-refractivity contribution in [3.05, 3.63) is 52.9 Å². The van der Waals surface area contributed by atoms with Crippen molar-refractivity contribution in [3.8, 4) is 0 Å². The first-order valence-electron chi connectivity index (χ1n) is 9.38. The summed E-state index contributed by atoms with van der Waals surface area (Å²) in [5.41, 5.74) is 2.63. The number of hydrogen-bond donors (Lipinski definition) is 3. The Hall–Kier alpha value is -2.83. The molecule has 7 nitrogen and oxygen atoms in total. The van der Waals surface area contributed by atoms with Crippen LogP contribution in [0.1, 0.15) is 61.0 Å². The number of aliphatic imine (C=N–C) groups is 1. The standard InChI is InChI=1S/C20H29N5O2/c1-5-21-19(26)16-9-7-15(8-10-16)12-23-20(22-6-2)24-13-17-11-18(14(3)4)25-27-17/h7-11,14H,5-6,12-13H2,1-4H3,(H,21,26)(H2,22,23,24). The minimum atomic E-state index is -0.0598. The van der Waals surface area contributed by atoms with Crippen molar-refractivity contribution in [2.45, 2.75) is 46.7 Å². The molecule has 1 amide bonds. The lowest BCUT2D eigenvalue weighted by Gasteiger charge is -2.10. The number of benzene rings is 1. The van der Waals surface area contributed by atoms with Gasteiger partial charge in [0.2, 0.25) is 0 Å². The summed E-state index contributed by atoms with van der Waals surface area (Å²) < 4.78 is 5.34. The Labute approximate surface area is 160 Å². The van der Waals surface area contributed by atoms with E-state index in [1.165, 1.54) is 0 Å². The van der Waals surface area contributed by atoms with Gasteiger partial charge in [0, 0.05) is 24.7 Å². The molecule has 0 fully saturated rings. The second-order valence-electron chi connectivity index (χ2n) is 6.48. The molecule has 0 unspecified atom stereocenters. The van der Waals surface area contributed by atoms with Crippen LogP contribution < -0.4 is 16.0 Å². The molecule has 0 atom stereocenters. The maximum Gasteiger partial charge on any atom is 0.251 e. The number of aromatic nitrogens is 1. The number of nitrogens with one attached hydrogen (secondary N) is 3. The first-order valence-corrected chi connectivity index (χ1v) is 9.38. The van der Waals surface area contributed by atoms with Crippen LogP contribution in [0.15, 0.2) is 39.8 Å². The molecule has 27 heavy (non-hydrogen) atoms. The number of nitrogens with zero attached hydrogens (tertiary/aromatic N) is 2. The quantitative estimate of drug-likeness (QED) is 0.490. The highest BCUT2D eigenvalue weighted by Crippen LogP contribution is 2.13. The number of rotatable bonds is 8. The average molecular weight is 371 g/mol. The number of carbonyl (C=O) groups excluding carboxylic acids is 1. The molecule has 0 aliphatic rings. The lowest BCUT2D eigenvalue weighted by molar-refractivity contribution is 0.0956. The fraction of sp³-hybridized carbons (Fsp3) is 0.450. The van der Waals surface area contributed by atoms with Crippen molar-refractivity contribution in [3.63, 3.8) is 0 Å². The summed E-state index contributed by atoms with van der Waals surface area (Å²) in [5.74, 6) is 1.76. The van der Waals surface area contributed by atoms with E-state index < -0.39 is 0 Å². The first kappa shape index (κ1) is 20.5. The summed E-state index contributed by atoms with van der Waals surface area (Å²) in [4.78, 5) is 16.4. The molecule has 146 valence electrons. The average Bonchev–Trinajstić information content (AvgIpc) is 3.14. The van der Waals surface area contributed by atoms with E-state index in [0.29, 0.717) is 37.1 Å². The van der Waals surface area contributed by atoms with Gasteiger partial charge in [-0.1, -0.05) is 31.1 Å². The minimum Gasteiger partial charge on any atom is -0.359 e. The lowest BCUT2D eigenvalue weighted by atomic mass is 10.1. The number of carbonyl (C=O) groups is 1. The van der Waals surface area contributed by atoms with Gasteiger partial charge in [-0.2, -0.15) is 0 Å². The van der Waals surface area contributed by atoms with Gasteiger partial charge in [-0.3, -0.25) is 4.79 Å². The van der Waals surface area contributed by atoms with Crippen molar-refractivity contribution in [2.24, 2.45) is 4.99 Å². The van der Waals surface area contributed by atoms with Crippen molar-refractivity contribution < 1.29 is 9.32 Å². The zero-order valence-corrected chi connectivity index (χ0v) is 16.5. The van der Waals surface area contributed by atoms with Crippen LogP contribution in [0, 0.1) is 0 Å². The summed E-state index contributed by atoms with van der Waals surface area (Å²) in [6, 6.07) is 9.43. The van der Waals surface area contributed by atoms with Crippen LogP contribution in [0.2, 0.25) is 0 Å². The van der Waals surface area contributed by atoms with Gasteiger partial charge in [-0.05, 0) is 37.5 Å². The molecular weight excluding hydrogens is 342 g/mol. The van der Waals surface area contributed by atoms with Crippen molar-refractivity contribution in [1.82, 2.24) is 21.1 Å². The predicted molar refractivity (Wildman–Crippen MR) is 107 cm³/mol. The van der Waals surface area contributed by atoms with Crippen molar-refractivity contribution >= 4 is 11.9 Å². The highest BCUT2D eigenvalue weighted by molar-refractivity contribution is 5.94. The van der Waals surface area contributed by atoms with E-state index in [1.807, 2.05) is 44.2 Å². The Morgan fingerprint density at radius 2 is 1.81 bits per heavy atom. The van der Waals surface area contributed by atoms with Crippen molar-refractivity contribution in [2.75, 3.05) is 13.1 Å². The van der Waals surface area contributed by atoms with E-state index in [2.05, 4.69) is 39.9 Å². The van der Waals surface area contributed by atoms with Gasteiger partial charge in [0.05, 0.1) is 18.8 Å². The summed E-state index contributed by atoms with van der Waals surface area (Å²) >= 11 is 0. The van der Waals surface area contributed by atoms with Gasteiger partial charge in [-0.25, -0.2) is 4.99 Å². The van der Waals surface area contributed by atoms with Crippen LogP contribution >= 0.6 is 0 Å². The number of amides is 1. The van der Waals surface area contributed by atoms with E-state index >= 15 is 0 Å². The van der Waals surface area contributed by atoms with Gasteiger partial charge in [0.25, 0.3) is 5.91 Å². The molecule has 0 aliphatic heterocycles. The summed E-state index contributed by atoms with van der Waals surface area (Å²) in [5, 5.41) is 13.3. The molecule has 2 aromatic rings. The van der Waals surface area contributed by atoms with Gasteiger partial charge in [-0.15, -0.1) is 0 Å². The van der Waals surface area contributed by atoms with E-state index in [9.17, 15) is 4.79 Å². The molecule has 0 radical (unpaired) electrons. The topological polar surface area (TPSA) is 91.5 Å². The van der Waals surface area contributed by atoms with Gasteiger partial charge >= 0.3 is 0 Å². The van der Waals surface area contributed by atoms with Gasteiger partial charge < -0.3 is 20.5 Å². The molecule has 7 heteroatoms. The van der Waals surface area contributed by atoms with Crippen LogP contribution in [-0.4, -0.2) is 30.1 Å². The maximum absolute atomic E-state index is 11.8. The molecule has 0 saturated heterocycles. The monoisotopic (exact) mass is 371 g/mol. The van der Waals surface area contributed by atoms with Gasteiger partial charge in [0.15, 0.2) is 11.7 Å². The molecule has 1 aromatic carbocycles. The third-order valence-electron chi connectivity index (χ3n) is 3.92. The highest BCUT2D eigenvalue weighted by Gasteiger charge is 2.08. The van der Waals surface area contributed by atoms with Crippen LogP contribution in [-0.2, 0) is 13.1 Å². The summed E-state index contributed by atoms with van der Waals surface area (Å²) in [6.45, 7) is 10.5. The largest absolute Gasteiger partial charge is 0.359 e. The lowest BCUT2D eigenvalue weighted by Crippen LogP contribution is -2.36. The van der Waals surface area contributed by atoms with E-state index in [0.717, 1.165) is 23.6 Å². The van der Waals surface area contributed by atoms with Crippen molar-refractivity contribution in [1.29, 1.82) is 0 Å². The summed E-state index contributed by atoms with van der Waals surface area (Å²) in [6.07, 6.45) is 0. The maximum atomic E-state index is 11.8. The van der Waals surface area contributed by atoms with Crippen LogP contribution in [0.3, 0.4) is 0 Å². The Morgan fingerprint density at radius 3 is 2.41 bits per heavy atom. The van der Waals surface area contributed by atoms with E-state index in [1.54, 1.807) is 0 Å². The fourth-order valence-corrected chi connectivity index (χ4v) is 2.39. The van der Waals surface area contributed by atoms with E-state index in [-0.39, 0.29) is 5.91 Å². The minimum absolute atomic E-state index is 0.0598.